The van der Waals surface area contributed by atoms with Crippen LogP contribution < -0.4 is 5.32 Å². The number of phenols is 1. The van der Waals surface area contributed by atoms with E-state index in [4.69, 9.17) is 0 Å². The standard InChI is InChI=1S/C16H14N2O/c19-15-6-2-5-14(9-15)18-11-13-4-1-3-12-10-17-8-7-16(12)13/h1-10,18-19H,11H2. The molecule has 1 heterocycles. The third kappa shape index (κ3) is 2.50. The zero-order valence-electron chi connectivity index (χ0n) is 10.4. The summed E-state index contributed by atoms with van der Waals surface area (Å²) in [5.74, 6) is 0.270. The minimum Gasteiger partial charge on any atom is -0.508 e. The number of pyridine rings is 1. The van der Waals surface area contributed by atoms with Crippen molar-refractivity contribution >= 4 is 16.5 Å². The van der Waals surface area contributed by atoms with Gasteiger partial charge in [-0.15, -0.1) is 0 Å². The summed E-state index contributed by atoms with van der Waals surface area (Å²) in [6, 6.07) is 15.3. The Morgan fingerprint density at radius 3 is 2.84 bits per heavy atom. The predicted molar refractivity (Wildman–Crippen MR) is 77.2 cm³/mol. The summed E-state index contributed by atoms with van der Waals surface area (Å²) < 4.78 is 0. The minimum atomic E-state index is 0.270. The van der Waals surface area contributed by atoms with Gasteiger partial charge in [-0.1, -0.05) is 24.3 Å². The van der Waals surface area contributed by atoms with Crippen LogP contribution in [0.25, 0.3) is 10.8 Å². The van der Waals surface area contributed by atoms with Crippen LogP contribution in [0.5, 0.6) is 5.75 Å². The van der Waals surface area contributed by atoms with Gasteiger partial charge in [-0.25, -0.2) is 0 Å². The summed E-state index contributed by atoms with van der Waals surface area (Å²) in [4.78, 5) is 4.13. The van der Waals surface area contributed by atoms with Crippen molar-refractivity contribution < 1.29 is 5.11 Å². The molecule has 0 saturated carbocycles. The Bertz CT molecular complexity index is 704. The number of rotatable bonds is 3. The number of benzene rings is 2. The van der Waals surface area contributed by atoms with Gasteiger partial charge in [-0.3, -0.25) is 4.98 Å². The molecule has 3 rings (SSSR count). The van der Waals surface area contributed by atoms with Gasteiger partial charge in [-0.2, -0.15) is 0 Å². The predicted octanol–water partition coefficient (Wildman–Crippen LogP) is 3.55. The van der Waals surface area contributed by atoms with Crippen molar-refractivity contribution in [2.24, 2.45) is 0 Å². The summed E-state index contributed by atoms with van der Waals surface area (Å²) in [6.45, 7) is 0.713. The smallest absolute Gasteiger partial charge is 0.117 e. The molecule has 3 nitrogen and oxygen atoms in total. The second-order valence-corrected chi connectivity index (χ2v) is 4.42. The summed E-state index contributed by atoms with van der Waals surface area (Å²) in [6.07, 6.45) is 3.67. The number of nitrogens with zero attached hydrogens (tertiary/aromatic N) is 1. The van der Waals surface area contributed by atoms with E-state index >= 15 is 0 Å². The zero-order chi connectivity index (χ0) is 13.1. The van der Waals surface area contributed by atoms with E-state index < -0.39 is 0 Å². The first kappa shape index (κ1) is 11.5. The van der Waals surface area contributed by atoms with Gasteiger partial charge < -0.3 is 10.4 Å². The molecule has 2 N–H and O–H groups in total. The molecule has 0 fully saturated rings. The number of phenolic OH excluding ortho intramolecular Hbond substituents is 1. The fourth-order valence-electron chi connectivity index (χ4n) is 2.16. The lowest BCUT2D eigenvalue weighted by Gasteiger charge is -2.09. The topological polar surface area (TPSA) is 45.1 Å². The number of anilines is 1. The number of hydrogen-bond donors (Lipinski definition) is 2. The number of aromatic nitrogens is 1. The number of nitrogens with one attached hydrogen (secondary N) is 1. The number of fused-ring (bicyclic) bond motifs is 1. The van der Waals surface area contributed by atoms with E-state index in [0.717, 1.165) is 11.1 Å². The number of hydrogen-bond acceptors (Lipinski definition) is 3. The Labute approximate surface area is 111 Å². The largest absolute Gasteiger partial charge is 0.508 e. The van der Waals surface area contributed by atoms with Crippen LogP contribution in [0.2, 0.25) is 0 Å². The van der Waals surface area contributed by atoms with E-state index in [1.165, 1.54) is 10.9 Å². The van der Waals surface area contributed by atoms with Crippen molar-refractivity contribution in [3.05, 3.63) is 66.5 Å². The minimum absolute atomic E-state index is 0.270. The molecule has 0 spiro atoms. The SMILES string of the molecule is Oc1cccc(NCc2cccc3cnccc23)c1. The van der Waals surface area contributed by atoms with Crippen LogP contribution in [0.15, 0.2) is 60.9 Å². The van der Waals surface area contributed by atoms with Crippen LogP contribution in [0.1, 0.15) is 5.56 Å². The summed E-state index contributed by atoms with van der Waals surface area (Å²) in [7, 11) is 0. The van der Waals surface area contributed by atoms with Gasteiger partial charge in [0, 0.05) is 36.1 Å². The Balaban J connectivity index is 1.86. The Morgan fingerprint density at radius 2 is 1.95 bits per heavy atom. The van der Waals surface area contributed by atoms with Gasteiger partial charge in [0.15, 0.2) is 0 Å². The summed E-state index contributed by atoms with van der Waals surface area (Å²) in [5.41, 5.74) is 2.12. The molecular formula is C16H14N2O. The molecule has 3 aromatic rings. The second kappa shape index (κ2) is 4.98. The van der Waals surface area contributed by atoms with Crippen LogP contribution in [0.3, 0.4) is 0 Å². The van der Waals surface area contributed by atoms with E-state index in [1.807, 2.05) is 30.5 Å². The first-order valence-electron chi connectivity index (χ1n) is 6.17. The fourth-order valence-corrected chi connectivity index (χ4v) is 2.16. The van der Waals surface area contributed by atoms with Crippen LogP contribution in [0, 0.1) is 0 Å². The van der Waals surface area contributed by atoms with E-state index in [0.29, 0.717) is 6.54 Å². The molecule has 0 atom stereocenters. The van der Waals surface area contributed by atoms with E-state index in [2.05, 4.69) is 22.4 Å². The average Bonchev–Trinajstić information content (AvgIpc) is 2.45. The molecule has 0 aliphatic heterocycles. The first-order valence-corrected chi connectivity index (χ1v) is 6.17. The lowest BCUT2D eigenvalue weighted by Crippen LogP contribution is -1.99. The van der Waals surface area contributed by atoms with Gasteiger partial charge in [0.25, 0.3) is 0 Å². The summed E-state index contributed by atoms with van der Waals surface area (Å²) >= 11 is 0. The van der Waals surface area contributed by atoms with Crippen LogP contribution in [0.4, 0.5) is 5.69 Å². The molecule has 0 saturated heterocycles. The monoisotopic (exact) mass is 250 g/mol. The highest BCUT2D eigenvalue weighted by Crippen LogP contribution is 2.20. The fraction of sp³-hybridized carbons (Fsp3) is 0.0625. The first-order chi connectivity index (χ1) is 9.33. The van der Waals surface area contributed by atoms with Crippen molar-refractivity contribution in [3.8, 4) is 5.75 Å². The Kier molecular flexibility index (Phi) is 3.02. The maximum Gasteiger partial charge on any atom is 0.117 e. The van der Waals surface area contributed by atoms with E-state index in [-0.39, 0.29) is 5.75 Å². The maximum absolute atomic E-state index is 9.43. The lowest BCUT2D eigenvalue weighted by molar-refractivity contribution is 0.475. The Hall–Kier alpha value is -2.55. The zero-order valence-corrected chi connectivity index (χ0v) is 10.4. The van der Waals surface area contributed by atoms with Gasteiger partial charge in [0.05, 0.1) is 0 Å². The molecule has 1 aromatic heterocycles. The van der Waals surface area contributed by atoms with Crippen molar-refractivity contribution in [2.45, 2.75) is 6.54 Å². The van der Waals surface area contributed by atoms with Crippen molar-refractivity contribution in [1.29, 1.82) is 0 Å². The Morgan fingerprint density at radius 1 is 1.05 bits per heavy atom. The molecule has 19 heavy (non-hydrogen) atoms. The number of aromatic hydroxyl groups is 1. The van der Waals surface area contributed by atoms with Crippen LogP contribution in [-0.4, -0.2) is 10.1 Å². The van der Waals surface area contributed by atoms with Crippen LogP contribution in [-0.2, 0) is 6.54 Å². The molecule has 0 radical (unpaired) electrons. The van der Waals surface area contributed by atoms with Gasteiger partial charge in [0.2, 0.25) is 0 Å². The van der Waals surface area contributed by atoms with Gasteiger partial charge in [0.1, 0.15) is 5.75 Å². The second-order valence-electron chi connectivity index (χ2n) is 4.42. The highest BCUT2D eigenvalue weighted by atomic mass is 16.3. The normalized spacial score (nSPS) is 10.5. The highest BCUT2D eigenvalue weighted by molar-refractivity contribution is 5.84. The van der Waals surface area contributed by atoms with E-state index in [9.17, 15) is 5.11 Å². The summed E-state index contributed by atoms with van der Waals surface area (Å²) in [5, 5.41) is 15.1. The molecule has 0 aliphatic carbocycles. The van der Waals surface area contributed by atoms with E-state index in [1.54, 1.807) is 18.3 Å². The molecule has 0 aliphatic rings. The molecular weight excluding hydrogens is 236 g/mol. The quantitative estimate of drug-likeness (QED) is 0.747. The van der Waals surface area contributed by atoms with Gasteiger partial charge >= 0.3 is 0 Å². The van der Waals surface area contributed by atoms with Crippen molar-refractivity contribution in [1.82, 2.24) is 4.98 Å². The molecule has 0 amide bonds. The molecule has 94 valence electrons. The molecule has 0 unspecified atom stereocenters. The molecule has 0 bridgehead atoms. The molecule has 3 heteroatoms. The molecule has 2 aromatic carbocycles. The van der Waals surface area contributed by atoms with Gasteiger partial charge in [-0.05, 0) is 29.1 Å². The van der Waals surface area contributed by atoms with Crippen LogP contribution >= 0.6 is 0 Å². The average molecular weight is 250 g/mol. The lowest BCUT2D eigenvalue weighted by atomic mass is 10.1. The maximum atomic E-state index is 9.43. The van der Waals surface area contributed by atoms with Crippen molar-refractivity contribution in [3.63, 3.8) is 0 Å². The highest BCUT2D eigenvalue weighted by Gasteiger charge is 2.00. The third-order valence-corrected chi connectivity index (χ3v) is 3.10. The van der Waals surface area contributed by atoms with Crippen molar-refractivity contribution in [2.75, 3.05) is 5.32 Å². The third-order valence-electron chi connectivity index (χ3n) is 3.10.